The molecule has 0 radical (unpaired) electrons. The van der Waals surface area contributed by atoms with Crippen molar-refractivity contribution in [2.75, 3.05) is 4.90 Å². The van der Waals surface area contributed by atoms with Gasteiger partial charge in [0.05, 0.1) is 17.4 Å². The predicted octanol–water partition coefficient (Wildman–Crippen LogP) is 7.29. The van der Waals surface area contributed by atoms with E-state index in [4.69, 9.17) is 17.0 Å². The van der Waals surface area contributed by atoms with E-state index in [1.165, 1.54) is 6.07 Å². The van der Waals surface area contributed by atoms with Gasteiger partial charge in [-0.1, -0.05) is 36.4 Å². The maximum atomic E-state index is 14.9. The van der Waals surface area contributed by atoms with Crippen molar-refractivity contribution in [2.24, 2.45) is 0 Å². The van der Waals surface area contributed by atoms with Crippen molar-refractivity contribution in [2.45, 2.75) is 19.0 Å². The molecule has 188 valence electrons. The molecule has 38 heavy (non-hydrogen) atoms. The fraction of sp³-hybridized carbons (Fsp3) is 0.0968. The Morgan fingerprint density at radius 2 is 1.63 bits per heavy atom. The molecule has 3 heterocycles. The minimum atomic E-state index is -0.294. The van der Waals surface area contributed by atoms with Gasteiger partial charge in [0.1, 0.15) is 23.4 Å². The number of halogens is 1. The van der Waals surface area contributed by atoms with Crippen molar-refractivity contribution < 1.29 is 9.13 Å². The summed E-state index contributed by atoms with van der Waals surface area (Å²) in [6.45, 7) is 2.02. The zero-order valence-corrected chi connectivity index (χ0v) is 21.5. The van der Waals surface area contributed by atoms with Gasteiger partial charge in [-0.2, -0.15) is 0 Å². The zero-order valence-electron chi connectivity index (χ0n) is 20.7. The van der Waals surface area contributed by atoms with Crippen LogP contribution in [0, 0.1) is 12.7 Å². The van der Waals surface area contributed by atoms with Crippen LogP contribution >= 0.6 is 12.2 Å². The number of aromatic nitrogens is 2. The first-order chi connectivity index (χ1) is 18.6. The van der Waals surface area contributed by atoms with Gasteiger partial charge < -0.3 is 19.5 Å². The molecule has 6 rings (SSSR count). The second-order valence-electron chi connectivity index (χ2n) is 9.11. The maximum Gasteiger partial charge on any atom is 0.174 e. The summed E-state index contributed by atoms with van der Waals surface area (Å²) in [6, 6.07) is 31.8. The number of benzene rings is 3. The van der Waals surface area contributed by atoms with E-state index >= 15 is 0 Å². The Morgan fingerprint density at radius 3 is 2.39 bits per heavy atom. The van der Waals surface area contributed by atoms with Crippen molar-refractivity contribution in [3.63, 3.8) is 0 Å². The average Bonchev–Trinajstić information content (AvgIpc) is 3.55. The maximum absolute atomic E-state index is 14.9. The fourth-order valence-corrected chi connectivity index (χ4v) is 5.25. The fourth-order valence-electron chi connectivity index (χ4n) is 4.91. The van der Waals surface area contributed by atoms with E-state index < -0.39 is 0 Å². The summed E-state index contributed by atoms with van der Waals surface area (Å²) < 4.78 is 22.9. The number of rotatable bonds is 6. The third kappa shape index (κ3) is 4.41. The van der Waals surface area contributed by atoms with Crippen LogP contribution in [0.3, 0.4) is 0 Å². The van der Waals surface area contributed by atoms with E-state index in [2.05, 4.69) is 15.2 Å². The first-order valence-electron chi connectivity index (χ1n) is 12.4. The molecule has 1 saturated heterocycles. The summed E-state index contributed by atoms with van der Waals surface area (Å²) in [5.74, 6) is 1.25. The lowest BCUT2D eigenvalue weighted by molar-refractivity contribution is 0.479. The predicted molar refractivity (Wildman–Crippen MR) is 151 cm³/mol. The van der Waals surface area contributed by atoms with Gasteiger partial charge in [0.2, 0.25) is 0 Å². The molecule has 0 saturated carbocycles. The van der Waals surface area contributed by atoms with Crippen molar-refractivity contribution in [3.8, 4) is 17.2 Å². The van der Waals surface area contributed by atoms with Crippen molar-refractivity contribution in [1.82, 2.24) is 14.9 Å². The molecule has 5 aromatic rings. The van der Waals surface area contributed by atoms with E-state index in [-0.39, 0.29) is 17.9 Å². The highest BCUT2D eigenvalue weighted by Crippen LogP contribution is 2.43. The Bertz CT molecular complexity index is 1590. The molecule has 0 amide bonds. The largest absolute Gasteiger partial charge is 0.457 e. The standard InChI is InChI=1S/C31H25FN4OS/c1-21-9-2-5-14-28(21)37-23-17-15-22(16-18-23)36-30(29(34-31(36)38)25-11-6-7-19-33-25)27-13-8-20-35(27)26-12-4-3-10-24(26)32/h2-20,29-30H,1H3,(H,34,38). The number of aryl methyl sites for hydroxylation is 1. The van der Waals surface area contributed by atoms with Crippen LogP contribution in [0.2, 0.25) is 0 Å². The minimum Gasteiger partial charge on any atom is -0.457 e. The molecule has 3 aromatic carbocycles. The van der Waals surface area contributed by atoms with Gasteiger partial charge >= 0.3 is 0 Å². The third-order valence-electron chi connectivity index (χ3n) is 6.73. The first kappa shape index (κ1) is 23.9. The Morgan fingerprint density at radius 1 is 0.868 bits per heavy atom. The summed E-state index contributed by atoms with van der Waals surface area (Å²) in [4.78, 5) is 6.69. The molecule has 2 unspecified atom stereocenters. The molecule has 5 nitrogen and oxygen atoms in total. The van der Waals surface area contributed by atoms with Crippen LogP contribution < -0.4 is 15.0 Å². The van der Waals surface area contributed by atoms with Gasteiger partial charge in [0.15, 0.2) is 5.11 Å². The molecule has 0 aliphatic carbocycles. The van der Waals surface area contributed by atoms with Gasteiger partial charge in [0.25, 0.3) is 0 Å². The number of para-hydroxylation sites is 2. The highest BCUT2D eigenvalue weighted by atomic mass is 32.1. The van der Waals surface area contributed by atoms with Crippen LogP contribution in [-0.4, -0.2) is 14.7 Å². The quantitative estimate of drug-likeness (QED) is 0.238. The minimum absolute atomic E-state index is 0.244. The number of anilines is 1. The highest BCUT2D eigenvalue weighted by molar-refractivity contribution is 7.80. The number of nitrogens with one attached hydrogen (secondary N) is 1. The van der Waals surface area contributed by atoms with E-state index in [0.29, 0.717) is 10.8 Å². The zero-order chi connectivity index (χ0) is 26.1. The average molecular weight is 521 g/mol. The number of hydrogen-bond donors (Lipinski definition) is 1. The number of hydrogen-bond acceptors (Lipinski definition) is 3. The summed E-state index contributed by atoms with van der Waals surface area (Å²) in [7, 11) is 0. The SMILES string of the molecule is Cc1ccccc1Oc1ccc(N2C(=S)NC(c3ccccn3)C2c2cccn2-c2ccccc2F)cc1. The van der Waals surface area contributed by atoms with Crippen LogP contribution in [0.5, 0.6) is 11.5 Å². The molecular formula is C31H25FN4OS. The third-order valence-corrected chi connectivity index (χ3v) is 7.04. The summed E-state index contributed by atoms with van der Waals surface area (Å²) in [5, 5.41) is 4.04. The Hall–Kier alpha value is -4.49. The molecule has 0 bridgehead atoms. The lowest BCUT2D eigenvalue weighted by Crippen LogP contribution is -2.30. The molecule has 2 atom stereocenters. The van der Waals surface area contributed by atoms with E-state index in [1.54, 1.807) is 18.3 Å². The molecule has 1 fully saturated rings. The molecule has 2 aromatic heterocycles. The number of thiocarbonyl (C=S) groups is 1. The molecule has 7 heteroatoms. The molecular weight excluding hydrogens is 495 g/mol. The second-order valence-corrected chi connectivity index (χ2v) is 9.50. The number of ether oxygens (including phenoxy) is 1. The van der Waals surface area contributed by atoms with E-state index in [9.17, 15) is 4.39 Å². The molecule has 0 spiro atoms. The highest BCUT2D eigenvalue weighted by Gasteiger charge is 2.42. The van der Waals surface area contributed by atoms with Gasteiger partial charge in [-0.25, -0.2) is 4.39 Å². The lowest BCUT2D eigenvalue weighted by Gasteiger charge is -2.29. The Balaban J connectivity index is 1.41. The molecule has 1 N–H and O–H groups in total. The van der Waals surface area contributed by atoms with Crippen molar-refractivity contribution in [1.29, 1.82) is 0 Å². The molecule has 1 aliphatic rings. The van der Waals surface area contributed by atoms with Gasteiger partial charge in [-0.15, -0.1) is 0 Å². The Kier molecular flexibility index (Phi) is 6.35. The number of pyridine rings is 1. The van der Waals surface area contributed by atoms with Crippen LogP contribution in [0.15, 0.2) is 116 Å². The Labute approximate surface area is 226 Å². The second kappa shape index (κ2) is 10.1. The van der Waals surface area contributed by atoms with Crippen molar-refractivity contribution in [3.05, 3.63) is 138 Å². The monoisotopic (exact) mass is 520 g/mol. The topological polar surface area (TPSA) is 42.3 Å². The number of nitrogens with zero attached hydrogens (tertiary/aromatic N) is 3. The van der Waals surface area contributed by atoms with Crippen LogP contribution in [-0.2, 0) is 0 Å². The van der Waals surface area contributed by atoms with Crippen LogP contribution in [0.4, 0.5) is 10.1 Å². The normalized spacial score (nSPS) is 16.9. The van der Waals surface area contributed by atoms with Crippen LogP contribution in [0.25, 0.3) is 5.69 Å². The lowest BCUT2D eigenvalue weighted by atomic mass is 10.0. The van der Waals surface area contributed by atoms with Crippen molar-refractivity contribution >= 4 is 23.0 Å². The van der Waals surface area contributed by atoms with Gasteiger partial charge in [-0.05, 0) is 91.4 Å². The first-order valence-corrected chi connectivity index (χ1v) is 12.8. The smallest absolute Gasteiger partial charge is 0.174 e. The molecule has 1 aliphatic heterocycles. The summed E-state index contributed by atoms with van der Waals surface area (Å²) in [5.41, 5.74) is 4.17. The van der Waals surface area contributed by atoms with E-state index in [0.717, 1.165) is 34.1 Å². The van der Waals surface area contributed by atoms with Gasteiger partial charge in [-0.3, -0.25) is 4.98 Å². The summed E-state index contributed by atoms with van der Waals surface area (Å²) >= 11 is 5.86. The van der Waals surface area contributed by atoms with E-state index in [1.807, 2.05) is 103 Å². The van der Waals surface area contributed by atoms with Gasteiger partial charge in [0, 0.05) is 23.8 Å². The summed E-state index contributed by atoms with van der Waals surface area (Å²) in [6.07, 6.45) is 3.65. The van der Waals surface area contributed by atoms with Crippen LogP contribution in [0.1, 0.15) is 29.0 Å².